The molecule has 2 aromatic carbocycles. The van der Waals surface area contributed by atoms with Gasteiger partial charge in [-0.05, 0) is 35.9 Å². The van der Waals surface area contributed by atoms with Gasteiger partial charge in [-0.1, -0.05) is 30.3 Å². The van der Waals surface area contributed by atoms with Gasteiger partial charge in [-0.3, -0.25) is 0 Å². The molecule has 1 aromatic heterocycles. The lowest BCUT2D eigenvalue weighted by Gasteiger charge is -2.10. The van der Waals surface area contributed by atoms with E-state index in [0.717, 1.165) is 16.8 Å². The number of nitrogens with zero attached hydrogens (tertiary/aromatic N) is 1. The molecule has 1 heterocycles. The lowest BCUT2D eigenvalue weighted by atomic mass is 10.1. The quantitative estimate of drug-likeness (QED) is 0.762. The second-order valence-corrected chi connectivity index (χ2v) is 4.96. The molecule has 3 N–H and O–H groups in total. The average molecular weight is 293 g/mol. The highest BCUT2D eigenvalue weighted by Gasteiger charge is 2.04. The summed E-state index contributed by atoms with van der Waals surface area (Å²) >= 11 is 0. The Balaban J connectivity index is 1.80. The zero-order valence-electron chi connectivity index (χ0n) is 12.0. The summed E-state index contributed by atoms with van der Waals surface area (Å²) in [6.45, 7) is 0.429. The Bertz CT molecular complexity index is 787. The Morgan fingerprint density at radius 2 is 1.86 bits per heavy atom. The van der Waals surface area contributed by atoms with Gasteiger partial charge in [0.25, 0.3) is 0 Å². The highest BCUT2D eigenvalue weighted by atomic mass is 19.1. The summed E-state index contributed by atoms with van der Waals surface area (Å²) in [4.78, 5) is 4.10. The molecule has 3 aromatic rings. The molecular formula is C18H16FN3. The molecule has 22 heavy (non-hydrogen) atoms. The number of benzene rings is 2. The Kier molecular flexibility index (Phi) is 4.01. The van der Waals surface area contributed by atoms with E-state index in [0.29, 0.717) is 17.9 Å². The molecule has 4 heteroatoms. The van der Waals surface area contributed by atoms with Gasteiger partial charge in [0.15, 0.2) is 0 Å². The van der Waals surface area contributed by atoms with Crippen LogP contribution in [0.25, 0.3) is 11.1 Å². The Hall–Kier alpha value is -2.88. The second-order valence-electron chi connectivity index (χ2n) is 4.96. The molecule has 0 saturated heterocycles. The minimum atomic E-state index is -0.206. The third-order valence-corrected chi connectivity index (χ3v) is 3.45. The van der Waals surface area contributed by atoms with E-state index in [2.05, 4.69) is 10.3 Å². The fourth-order valence-electron chi connectivity index (χ4n) is 2.30. The third kappa shape index (κ3) is 3.06. The van der Waals surface area contributed by atoms with E-state index < -0.39 is 0 Å². The maximum Gasteiger partial charge on any atom is 0.131 e. The van der Waals surface area contributed by atoms with Crippen LogP contribution < -0.4 is 11.1 Å². The Morgan fingerprint density at radius 1 is 1.00 bits per heavy atom. The van der Waals surface area contributed by atoms with Crippen molar-refractivity contribution in [1.82, 2.24) is 4.98 Å². The molecule has 0 spiro atoms. The van der Waals surface area contributed by atoms with Crippen LogP contribution in [0.1, 0.15) is 5.56 Å². The van der Waals surface area contributed by atoms with Gasteiger partial charge >= 0.3 is 0 Å². The van der Waals surface area contributed by atoms with Gasteiger partial charge in [-0.2, -0.15) is 0 Å². The molecule has 0 bridgehead atoms. The zero-order valence-corrected chi connectivity index (χ0v) is 12.0. The number of nitrogens with two attached hydrogens (primary N) is 1. The topological polar surface area (TPSA) is 50.9 Å². The van der Waals surface area contributed by atoms with E-state index >= 15 is 0 Å². The van der Waals surface area contributed by atoms with Gasteiger partial charge in [-0.25, -0.2) is 9.37 Å². The smallest absolute Gasteiger partial charge is 0.131 e. The SMILES string of the molecule is Nc1ncccc1-c1cccc(NCc2ccccc2F)c1. The number of hydrogen-bond donors (Lipinski definition) is 2. The summed E-state index contributed by atoms with van der Waals surface area (Å²) in [7, 11) is 0. The van der Waals surface area contributed by atoms with Crippen molar-refractivity contribution >= 4 is 11.5 Å². The molecule has 3 nitrogen and oxygen atoms in total. The lowest BCUT2D eigenvalue weighted by Crippen LogP contribution is -2.01. The molecule has 0 atom stereocenters. The van der Waals surface area contributed by atoms with Crippen LogP contribution in [0, 0.1) is 5.82 Å². The molecule has 0 aliphatic rings. The van der Waals surface area contributed by atoms with Crippen LogP contribution in [-0.2, 0) is 6.54 Å². The molecule has 110 valence electrons. The Morgan fingerprint density at radius 3 is 2.68 bits per heavy atom. The van der Waals surface area contributed by atoms with Crippen molar-refractivity contribution in [3.63, 3.8) is 0 Å². The van der Waals surface area contributed by atoms with Crippen LogP contribution >= 0.6 is 0 Å². The van der Waals surface area contributed by atoms with Gasteiger partial charge in [0.2, 0.25) is 0 Å². The van der Waals surface area contributed by atoms with Crippen LogP contribution in [0.15, 0.2) is 66.9 Å². The molecule has 0 aliphatic carbocycles. The van der Waals surface area contributed by atoms with E-state index in [9.17, 15) is 4.39 Å². The van der Waals surface area contributed by atoms with Crippen LogP contribution in [0.5, 0.6) is 0 Å². The first-order chi connectivity index (χ1) is 10.7. The molecule has 0 saturated carbocycles. The molecular weight excluding hydrogens is 277 g/mol. The largest absolute Gasteiger partial charge is 0.383 e. The van der Waals surface area contributed by atoms with Gasteiger partial charge in [0.05, 0.1) is 0 Å². The first-order valence-corrected chi connectivity index (χ1v) is 7.02. The molecule has 0 amide bonds. The minimum Gasteiger partial charge on any atom is -0.383 e. The normalized spacial score (nSPS) is 10.4. The van der Waals surface area contributed by atoms with Crippen LogP contribution in [0.2, 0.25) is 0 Å². The zero-order chi connectivity index (χ0) is 15.4. The average Bonchev–Trinajstić information content (AvgIpc) is 2.55. The lowest BCUT2D eigenvalue weighted by molar-refractivity contribution is 0.613. The van der Waals surface area contributed by atoms with Crippen molar-refractivity contribution < 1.29 is 4.39 Å². The number of nitrogen functional groups attached to an aromatic ring is 1. The molecule has 0 aliphatic heterocycles. The van der Waals surface area contributed by atoms with E-state index in [1.165, 1.54) is 6.07 Å². The molecule has 0 unspecified atom stereocenters. The summed E-state index contributed by atoms with van der Waals surface area (Å²) in [6.07, 6.45) is 1.67. The summed E-state index contributed by atoms with van der Waals surface area (Å²) in [6, 6.07) is 18.4. The van der Waals surface area contributed by atoms with E-state index in [1.807, 2.05) is 42.5 Å². The number of nitrogens with one attached hydrogen (secondary N) is 1. The van der Waals surface area contributed by atoms with Gasteiger partial charge in [-0.15, -0.1) is 0 Å². The predicted octanol–water partition coefficient (Wildman–Crippen LogP) is 4.08. The number of aromatic nitrogens is 1. The number of hydrogen-bond acceptors (Lipinski definition) is 3. The first kappa shape index (κ1) is 14.1. The van der Waals surface area contributed by atoms with Crippen molar-refractivity contribution in [2.45, 2.75) is 6.54 Å². The van der Waals surface area contributed by atoms with E-state index in [-0.39, 0.29) is 5.82 Å². The monoisotopic (exact) mass is 293 g/mol. The number of rotatable bonds is 4. The predicted molar refractivity (Wildman–Crippen MR) is 87.8 cm³/mol. The number of halogens is 1. The highest BCUT2D eigenvalue weighted by molar-refractivity contribution is 5.75. The van der Waals surface area contributed by atoms with Crippen LogP contribution in [0.3, 0.4) is 0 Å². The van der Waals surface area contributed by atoms with Gasteiger partial charge in [0, 0.05) is 29.6 Å². The van der Waals surface area contributed by atoms with Crippen molar-refractivity contribution in [3.8, 4) is 11.1 Å². The van der Waals surface area contributed by atoms with Gasteiger partial charge < -0.3 is 11.1 Å². The van der Waals surface area contributed by atoms with E-state index in [4.69, 9.17) is 5.73 Å². The van der Waals surface area contributed by atoms with Crippen molar-refractivity contribution in [2.75, 3.05) is 11.1 Å². The fourth-order valence-corrected chi connectivity index (χ4v) is 2.30. The second kappa shape index (κ2) is 6.26. The Labute approximate surface area is 128 Å². The van der Waals surface area contributed by atoms with Crippen LogP contribution in [0.4, 0.5) is 15.9 Å². The minimum absolute atomic E-state index is 0.206. The number of anilines is 2. The maximum absolute atomic E-state index is 13.6. The summed E-state index contributed by atoms with van der Waals surface area (Å²) in [5.41, 5.74) is 9.31. The summed E-state index contributed by atoms with van der Waals surface area (Å²) in [5, 5.41) is 3.23. The summed E-state index contributed by atoms with van der Waals surface area (Å²) in [5.74, 6) is 0.288. The van der Waals surface area contributed by atoms with E-state index in [1.54, 1.807) is 18.3 Å². The molecule has 3 rings (SSSR count). The molecule has 0 fully saturated rings. The molecule has 0 radical (unpaired) electrons. The first-order valence-electron chi connectivity index (χ1n) is 7.02. The van der Waals surface area contributed by atoms with Crippen molar-refractivity contribution in [3.05, 3.63) is 78.2 Å². The van der Waals surface area contributed by atoms with Gasteiger partial charge in [0.1, 0.15) is 11.6 Å². The highest BCUT2D eigenvalue weighted by Crippen LogP contribution is 2.26. The van der Waals surface area contributed by atoms with Crippen LogP contribution in [-0.4, -0.2) is 4.98 Å². The number of pyridine rings is 1. The van der Waals surface area contributed by atoms with Crippen molar-refractivity contribution in [2.24, 2.45) is 0 Å². The van der Waals surface area contributed by atoms with Crippen molar-refractivity contribution in [1.29, 1.82) is 0 Å². The standard InChI is InChI=1S/C18H16FN3/c19-17-9-2-1-5-14(17)12-22-15-7-3-6-13(11-15)16-8-4-10-21-18(16)20/h1-11,22H,12H2,(H2,20,21). The maximum atomic E-state index is 13.6. The fraction of sp³-hybridized carbons (Fsp3) is 0.0556. The third-order valence-electron chi connectivity index (χ3n) is 3.45. The summed E-state index contributed by atoms with van der Waals surface area (Å²) < 4.78 is 13.6.